The Kier molecular flexibility index (Phi) is 7.14. The minimum absolute atomic E-state index is 0.310. The van der Waals surface area contributed by atoms with Crippen LogP contribution in [0.25, 0.3) is 0 Å². The van der Waals surface area contributed by atoms with Gasteiger partial charge in [-0.05, 0) is 110 Å². The predicted octanol–water partition coefficient (Wildman–Crippen LogP) is 7.30. The average Bonchev–Trinajstić information content (AvgIpc) is 3.04. The molecule has 4 nitrogen and oxygen atoms in total. The molecule has 0 aromatic carbocycles. The van der Waals surface area contributed by atoms with Gasteiger partial charge in [-0.25, -0.2) is 4.18 Å². The summed E-state index contributed by atoms with van der Waals surface area (Å²) in [6, 6.07) is 0. The van der Waals surface area contributed by atoms with Crippen molar-refractivity contribution >= 4 is 10.4 Å². The SMILES string of the molecule is CC(C)CCC[C@@H](C)[C@H]1CC[C@H]2[C@@H]3CCC4CC(OS(=O)(=O)O)CC[C@]4(C)[C@H]3CC[C@]12C. The van der Waals surface area contributed by atoms with E-state index in [0.29, 0.717) is 16.7 Å². The summed E-state index contributed by atoms with van der Waals surface area (Å²) in [4.78, 5) is 0. The first-order chi connectivity index (χ1) is 14.9. The van der Waals surface area contributed by atoms with Crippen molar-refractivity contribution in [2.24, 2.45) is 52.3 Å². The molecule has 0 heterocycles. The van der Waals surface area contributed by atoms with Crippen LogP contribution in [0.3, 0.4) is 0 Å². The van der Waals surface area contributed by atoms with Crippen molar-refractivity contribution in [3.8, 4) is 0 Å². The Morgan fingerprint density at radius 3 is 2.28 bits per heavy atom. The molecule has 0 aromatic rings. The smallest absolute Gasteiger partial charge is 0.264 e. The molecule has 1 N–H and O–H groups in total. The quantitative estimate of drug-likeness (QED) is 0.398. The molecule has 4 rings (SSSR count). The van der Waals surface area contributed by atoms with Crippen molar-refractivity contribution in [1.29, 1.82) is 0 Å². The van der Waals surface area contributed by atoms with Crippen LogP contribution in [-0.2, 0) is 14.6 Å². The molecule has 0 aliphatic heterocycles. The van der Waals surface area contributed by atoms with Gasteiger partial charge in [0.1, 0.15) is 0 Å². The second-order valence-electron chi connectivity index (χ2n) is 13.1. The summed E-state index contributed by atoms with van der Waals surface area (Å²) in [7, 11) is -4.35. The number of rotatable bonds is 7. The Bertz CT molecular complexity index is 764. The first-order valence-corrected chi connectivity index (χ1v) is 15.0. The Balaban J connectivity index is 1.43. The topological polar surface area (TPSA) is 63.6 Å². The van der Waals surface area contributed by atoms with Crippen LogP contribution in [0.4, 0.5) is 0 Å². The van der Waals surface area contributed by atoms with Crippen molar-refractivity contribution in [3.05, 3.63) is 0 Å². The van der Waals surface area contributed by atoms with E-state index in [2.05, 4.69) is 34.6 Å². The monoisotopic (exact) mass is 468 g/mol. The summed E-state index contributed by atoms with van der Waals surface area (Å²) in [6.45, 7) is 12.4. The van der Waals surface area contributed by atoms with E-state index in [9.17, 15) is 8.42 Å². The number of hydrogen-bond donors (Lipinski definition) is 1. The summed E-state index contributed by atoms with van der Waals surface area (Å²) < 4.78 is 36.6. The van der Waals surface area contributed by atoms with E-state index in [1.807, 2.05) is 0 Å². The first-order valence-electron chi connectivity index (χ1n) is 13.6. The van der Waals surface area contributed by atoms with Gasteiger partial charge < -0.3 is 0 Å². The highest BCUT2D eigenvalue weighted by Crippen LogP contribution is 2.68. The van der Waals surface area contributed by atoms with E-state index < -0.39 is 10.4 Å². The Morgan fingerprint density at radius 1 is 0.906 bits per heavy atom. The maximum Gasteiger partial charge on any atom is 0.397 e. The molecule has 9 atom stereocenters. The standard InChI is InChI=1S/C27H48O4S/c1-18(2)7-6-8-19(3)23-11-12-24-22-10-9-20-17-21(31-32(28,29)30)13-15-26(20,4)25(22)14-16-27(23,24)5/h18-25H,6-17H2,1-5H3,(H,28,29,30)/t19-,20?,21?,22+,23-,24+,25+,26+,27-/m1/s1. The first kappa shape index (κ1) is 25.0. The molecule has 0 spiro atoms. The highest BCUT2D eigenvalue weighted by molar-refractivity contribution is 7.80. The normalized spacial score (nSPS) is 45.2. The Morgan fingerprint density at radius 2 is 1.59 bits per heavy atom. The van der Waals surface area contributed by atoms with Crippen molar-refractivity contribution in [2.45, 2.75) is 118 Å². The number of hydrogen-bond acceptors (Lipinski definition) is 3. The molecule has 0 bridgehead atoms. The molecule has 4 aliphatic rings. The number of fused-ring (bicyclic) bond motifs is 5. The molecular weight excluding hydrogens is 420 g/mol. The molecule has 5 heteroatoms. The van der Waals surface area contributed by atoms with Gasteiger partial charge in [0.05, 0.1) is 6.10 Å². The van der Waals surface area contributed by atoms with Gasteiger partial charge in [-0.1, -0.05) is 53.9 Å². The summed E-state index contributed by atoms with van der Waals surface area (Å²) in [5.41, 5.74) is 0.831. The minimum atomic E-state index is -4.35. The van der Waals surface area contributed by atoms with Gasteiger partial charge >= 0.3 is 10.4 Å². The van der Waals surface area contributed by atoms with Gasteiger partial charge in [0.2, 0.25) is 0 Å². The largest absolute Gasteiger partial charge is 0.397 e. The molecule has 4 fully saturated rings. The van der Waals surface area contributed by atoms with Crippen molar-refractivity contribution in [2.75, 3.05) is 0 Å². The average molecular weight is 469 g/mol. The molecule has 4 aliphatic carbocycles. The van der Waals surface area contributed by atoms with Crippen molar-refractivity contribution in [3.63, 3.8) is 0 Å². The fourth-order valence-electron chi connectivity index (χ4n) is 9.50. The molecule has 0 saturated heterocycles. The third-order valence-corrected chi connectivity index (χ3v) is 11.6. The maximum atomic E-state index is 11.2. The third-order valence-electron chi connectivity index (χ3n) is 11.1. The van der Waals surface area contributed by atoms with E-state index in [0.717, 1.165) is 54.8 Å². The summed E-state index contributed by atoms with van der Waals surface area (Å²) in [5, 5.41) is 0. The zero-order valence-corrected chi connectivity index (χ0v) is 22.0. The lowest BCUT2D eigenvalue weighted by atomic mass is 9.44. The highest BCUT2D eigenvalue weighted by atomic mass is 32.3. The summed E-state index contributed by atoms with van der Waals surface area (Å²) >= 11 is 0. The Hall–Kier alpha value is -0.130. The van der Waals surface area contributed by atoms with Gasteiger partial charge in [0.25, 0.3) is 0 Å². The zero-order chi connectivity index (χ0) is 23.3. The third kappa shape index (κ3) is 4.69. The minimum Gasteiger partial charge on any atom is -0.264 e. The summed E-state index contributed by atoms with van der Waals surface area (Å²) in [5.74, 6) is 5.59. The molecule has 2 unspecified atom stereocenters. The van der Waals surface area contributed by atoms with E-state index in [1.54, 1.807) is 0 Å². The Labute approximate surface area is 197 Å². The fourth-order valence-corrected chi connectivity index (χ4v) is 10.0. The lowest BCUT2D eigenvalue weighted by Crippen LogP contribution is -2.54. The van der Waals surface area contributed by atoms with Crippen molar-refractivity contribution in [1.82, 2.24) is 0 Å². The molecule has 0 radical (unpaired) electrons. The van der Waals surface area contributed by atoms with Crippen LogP contribution < -0.4 is 0 Å². The van der Waals surface area contributed by atoms with Crippen LogP contribution in [0.15, 0.2) is 0 Å². The van der Waals surface area contributed by atoms with Crippen LogP contribution in [0, 0.1) is 52.3 Å². The maximum absolute atomic E-state index is 11.2. The van der Waals surface area contributed by atoms with Crippen LogP contribution >= 0.6 is 0 Å². The van der Waals surface area contributed by atoms with E-state index in [1.165, 1.54) is 57.8 Å². The van der Waals surface area contributed by atoms with Crippen LogP contribution in [-0.4, -0.2) is 19.1 Å². The molecule has 186 valence electrons. The molecule has 0 amide bonds. The van der Waals surface area contributed by atoms with E-state index in [-0.39, 0.29) is 6.10 Å². The second kappa shape index (κ2) is 9.15. The van der Waals surface area contributed by atoms with E-state index in [4.69, 9.17) is 8.74 Å². The second-order valence-corrected chi connectivity index (χ2v) is 14.2. The molecule has 0 aromatic heterocycles. The predicted molar refractivity (Wildman–Crippen MR) is 129 cm³/mol. The lowest BCUT2D eigenvalue weighted by molar-refractivity contribution is -0.127. The van der Waals surface area contributed by atoms with E-state index >= 15 is 0 Å². The zero-order valence-electron chi connectivity index (χ0n) is 21.2. The fraction of sp³-hybridized carbons (Fsp3) is 1.00. The van der Waals surface area contributed by atoms with Crippen LogP contribution in [0.2, 0.25) is 0 Å². The van der Waals surface area contributed by atoms with Crippen molar-refractivity contribution < 1.29 is 17.2 Å². The van der Waals surface area contributed by atoms with Gasteiger partial charge in [-0.15, -0.1) is 0 Å². The highest BCUT2D eigenvalue weighted by Gasteiger charge is 2.60. The van der Waals surface area contributed by atoms with Gasteiger partial charge in [-0.2, -0.15) is 8.42 Å². The van der Waals surface area contributed by atoms with Gasteiger partial charge in [-0.3, -0.25) is 4.55 Å². The van der Waals surface area contributed by atoms with Crippen LogP contribution in [0.5, 0.6) is 0 Å². The van der Waals surface area contributed by atoms with Gasteiger partial charge in [0.15, 0.2) is 0 Å². The van der Waals surface area contributed by atoms with Crippen LogP contribution in [0.1, 0.15) is 112 Å². The van der Waals surface area contributed by atoms with Gasteiger partial charge in [0, 0.05) is 0 Å². The molecular formula is C27H48O4S. The molecule has 32 heavy (non-hydrogen) atoms. The molecule has 4 saturated carbocycles. The summed E-state index contributed by atoms with van der Waals surface area (Å²) in [6.07, 6.45) is 14.5. The lowest BCUT2D eigenvalue weighted by Gasteiger charge is -2.61.